The molecule has 0 bridgehead atoms. The Morgan fingerprint density at radius 1 is 1.50 bits per heavy atom. The lowest BCUT2D eigenvalue weighted by molar-refractivity contribution is 0.488. The van der Waals surface area contributed by atoms with Gasteiger partial charge in [-0.2, -0.15) is 0 Å². The summed E-state index contributed by atoms with van der Waals surface area (Å²) in [7, 11) is -4.26. The number of halogens is 1. The molecule has 0 saturated heterocycles. The summed E-state index contributed by atoms with van der Waals surface area (Å²) in [5, 5.41) is 3.16. The summed E-state index contributed by atoms with van der Waals surface area (Å²) in [6, 6.07) is 3.56. The minimum Gasteiger partial charge on any atom is -0.309 e. The van der Waals surface area contributed by atoms with Crippen LogP contribution in [0.2, 0.25) is 0 Å². The molecule has 3 atom stereocenters. The second-order valence-electron chi connectivity index (χ2n) is 5.06. The third-order valence-electron chi connectivity index (χ3n) is 3.58. The minimum atomic E-state index is -3.31. The van der Waals surface area contributed by atoms with Gasteiger partial charge in [-0.1, -0.05) is 0 Å². The molecule has 1 aromatic rings. The molecule has 1 aromatic carbocycles. The fraction of sp³-hybridized carbons (Fsp3) is 0.538. The summed E-state index contributed by atoms with van der Waals surface area (Å²) >= 11 is 0. The first-order valence-electron chi connectivity index (χ1n) is 6.39. The van der Waals surface area contributed by atoms with E-state index in [1.807, 2.05) is 6.92 Å². The van der Waals surface area contributed by atoms with Gasteiger partial charge in [-0.05, 0) is 37.1 Å². The molecule has 0 fully saturated rings. The van der Waals surface area contributed by atoms with Crippen molar-refractivity contribution in [3.63, 3.8) is 0 Å². The second-order valence-corrected chi connectivity index (χ2v) is 8.94. The Hall–Kier alpha value is -0.790. The molecule has 3 unspecified atom stereocenters. The fourth-order valence-corrected chi connectivity index (χ4v) is 4.18. The first kappa shape index (κ1) is 15.6. The Balaban J connectivity index is 2.26. The first-order valence-corrected chi connectivity index (χ1v) is 9.66. The van der Waals surface area contributed by atoms with Crippen molar-refractivity contribution >= 4 is 20.6 Å². The van der Waals surface area contributed by atoms with Gasteiger partial charge >= 0.3 is 0 Å². The van der Waals surface area contributed by atoms with Gasteiger partial charge in [-0.25, -0.2) is 12.8 Å². The van der Waals surface area contributed by atoms with E-state index < -0.39 is 26.5 Å². The molecule has 1 heterocycles. The topological polar surface area (TPSA) is 63.2 Å². The fourth-order valence-electron chi connectivity index (χ4n) is 2.25. The molecule has 4 nitrogen and oxygen atoms in total. The van der Waals surface area contributed by atoms with Crippen molar-refractivity contribution in [3.05, 3.63) is 29.6 Å². The predicted octanol–water partition coefficient (Wildman–Crippen LogP) is 1.40. The molecule has 20 heavy (non-hydrogen) atoms. The molecule has 1 aliphatic heterocycles. The summed E-state index contributed by atoms with van der Waals surface area (Å²) in [5.41, 5.74) is 0.477. The van der Waals surface area contributed by atoms with Crippen molar-refractivity contribution in [1.29, 1.82) is 0 Å². The van der Waals surface area contributed by atoms with Crippen LogP contribution in [-0.2, 0) is 20.6 Å². The Labute approximate surface area is 121 Å². The Morgan fingerprint density at radius 2 is 2.20 bits per heavy atom. The predicted molar refractivity (Wildman–Crippen MR) is 77.3 cm³/mol. The lowest BCUT2D eigenvalue weighted by Gasteiger charge is -2.27. The average molecular weight is 319 g/mol. The maximum Gasteiger partial charge on any atom is 0.178 e. The van der Waals surface area contributed by atoms with Crippen LogP contribution in [-0.4, -0.2) is 36.4 Å². The molecule has 0 radical (unpaired) electrons. The molecule has 1 aliphatic rings. The third kappa shape index (κ3) is 3.27. The van der Waals surface area contributed by atoms with Crippen molar-refractivity contribution in [3.8, 4) is 0 Å². The van der Waals surface area contributed by atoms with Gasteiger partial charge in [0.2, 0.25) is 0 Å². The smallest absolute Gasteiger partial charge is 0.178 e. The van der Waals surface area contributed by atoms with Crippen LogP contribution >= 0.6 is 0 Å². The number of fused-ring (bicyclic) bond motifs is 1. The molecule has 7 heteroatoms. The van der Waals surface area contributed by atoms with Crippen molar-refractivity contribution in [2.45, 2.75) is 29.5 Å². The summed E-state index contributed by atoms with van der Waals surface area (Å²) in [6.07, 6.45) is 2.03. The molecule has 0 aliphatic carbocycles. The van der Waals surface area contributed by atoms with E-state index in [2.05, 4.69) is 5.32 Å². The largest absolute Gasteiger partial charge is 0.309 e. The third-order valence-corrected chi connectivity index (χ3v) is 6.69. The summed E-state index contributed by atoms with van der Waals surface area (Å²) < 4.78 is 48.7. The van der Waals surface area contributed by atoms with Gasteiger partial charge in [0.25, 0.3) is 0 Å². The molecule has 1 N–H and O–H groups in total. The van der Waals surface area contributed by atoms with Crippen LogP contribution in [0.5, 0.6) is 0 Å². The van der Waals surface area contributed by atoms with E-state index in [9.17, 15) is 17.0 Å². The van der Waals surface area contributed by atoms with E-state index in [0.29, 0.717) is 18.5 Å². The van der Waals surface area contributed by atoms with Gasteiger partial charge in [0.15, 0.2) is 9.84 Å². The van der Waals surface area contributed by atoms with Crippen LogP contribution in [0.4, 0.5) is 4.39 Å². The monoisotopic (exact) mass is 319 g/mol. The lowest BCUT2D eigenvalue weighted by atomic mass is 10.0. The van der Waals surface area contributed by atoms with E-state index in [0.717, 1.165) is 0 Å². The van der Waals surface area contributed by atoms with E-state index in [4.69, 9.17) is 0 Å². The number of hydrogen-bond acceptors (Lipinski definition) is 4. The minimum absolute atomic E-state index is 0.0365. The molecule has 2 rings (SSSR count). The first-order chi connectivity index (χ1) is 9.31. The number of benzene rings is 1. The molecule has 0 spiro atoms. The molecule has 0 saturated carbocycles. The van der Waals surface area contributed by atoms with E-state index >= 15 is 0 Å². The van der Waals surface area contributed by atoms with Gasteiger partial charge in [-0.3, -0.25) is 4.21 Å². The highest BCUT2D eigenvalue weighted by Gasteiger charge is 2.30. The summed E-state index contributed by atoms with van der Waals surface area (Å²) in [5.74, 6) is -0.396. The molecule has 0 aromatic heterocycles. The number of nitrogens with one attached hydrogen (secondary N) is 1. The molecular formula is C13H18FNO3S2. The van der Waals surface area contributed by atoms with Crippen LogP contribution in [0, 0.1) is 5.82 Å². The van der Waals surface area contributed by atoms with E-state index in [1.54, 1.807) is 6.26 Å². The van der Waals surface area contributed by atoms with Crippen molar-refractivity contribution in [1.82, 2.24) is 5.32 Å². The maximum absolute atomic E-state index is 13.4. The van der Waals surface area contributed by atoms with Crippen LogP contribution in [0.15, 0.2) is 23.1 Å². The summed E-state index contributed by atoms with van der Waals surface area (Å²) in [6.45, 7) is 2.36. The van der Waals surface area contributed by atoms with Crippen LogP contribution in [0.1, 0.15) is 24.9 Å². The highest BCUT2D eigenvalue weighted by Crippen LogP contribution is 2.32. The van der Waals surface area contributed by atoms with Crippen molar-refractivity contribution in [2.24, 2.45) is 0 Å². The van der Waals surface area contributed by atoms with Gasteiger partial charge in [-0.15, -0.1) is 0 Å². The number of hydrogen-bond donors (Lipinski definition) is 1. The van der Waals surface area contributed by atoms with Gasteiger partial charge in [0.1, 0.15) is 5.82 Å². The second kappa shape index (κ2) is 5.91. The highest BCUT2D eigenvalue weighted by molar-refractivity contribution is 7.91. The SMILES string of the molecule is CC(CNC1CCS(=O)(=O)c2ccc(F)cc21)S(C)=O. The quantitative estimate of drug-likeness (QED) is 0.852. The van der Waals surface area contributed by atoms with Crippen molar-refractivity contribution in [2.75, 3.05) is 18.6 Å². The van der Waals surface area contributed by atoms with Crippen molar-refractivity contribution < 1.29 is 17.0 Å². The van der Waals surface area contributed by atoms with Crippen LogP contribution < -0.4 is 5.32 Å². The van der Waals surface area contributed by atoms with Gasteiger partial charge in [0.05, 0.1) is 10.6 Å². The lowest BCUT2D eigenvalue weighted by Crippen LogP contribution is -2.35. The standard InChI is InChI=1S/C13H18FNO3S2/c1-9(19(2)16)8-15-12-5-6-20(17,18)13-4-3-10(14)7-11(12)13/h3-4,7,9,12,15H,5-6,8H2,1-2H3. The number of rotatable bonds is 4. The van der Waals surface area contributed by atoms with Gasteiger partial charge in [0, 0.05) is 34.9 Å². The summed E-state index contributed by atoms with van der Waals surface area (Å²) in [4.78, 5) is 0.202. The Kier molecular flexibility index (Phi) is 4.61. The van der Waals surface area contributed by atoms with E-state index in [-0.39, 0.29) is 21.9 Å². The Bertz CT molecular complexity index is 631. The van der Waals surface area contributed by atoms with E-state index in [1.165, 1.54) is 18.2 Å². The molecular weight excluding hydrogens is 301 g/mol. The number of sulfone groups is 1. The molecule has 112 valence electrons. The highest BCUT2D eigenvalue weighted by atomic mass is 32.2. The van der Waals surface area contributed by atoms with Crippen LogP contribution in [0.25, 0.3) is 0 Å². The zero-order valence-corrected chi connectivity index (χ0v) is 13.1. The normalized spacial score (nSPS) is 23.9. The average Bonchev–Trinajstić information content (AvgIpc) is 2.37. The zero-order valence-electron chi connectivity index (χ0n) is 11.4. The molecule has 0 amide bonds. The van der Waals surface area contributed by atoms with Gasteiger partial charge < -0.3 is 5.32 Å². The maximum atomic E-state index is 13.4. The Morgan fingerprint density at radius 3 is 2.85 bits per heavy atom. The van der Waals surface area contributed by atoms with Crippen LogP contribution in [0.3, 0.4) is 0 Å². The zero-order chi connectivity index (χ0) is 14.9.